The van der Waals surface area contributed by atoms with Crippen molar-refractivity contribution in [2.75, 3.05) is 37.0 Å². The minimum absolute atomic E-state index is 0.161. The number of aryl methyl sites for hydroxylation is 6. The molecule has 14 rings (SSSR count). The molecule has 36 heteroatoms. The van der Waals surface area contributed by atoms with Gasteiger partial charge < -0.3 is 58.7 Å². The lowest BCUT2D eigenvalue weighted by Crippen LogP contribution is -2.32. The van der Waals surface area contributed by atoms with Gasteiger partial charge in [-0.15, -0.1) is 0 Å². The average Bonchev–Trinajstić information content (AvgIpc) is 0.794. The molecule has 0 atom stereocenters. The highest BCUT2D eigenvalue weighted by molar-refractivity contribution is 7.53. The van der Waals surface area contributed by atoms with E-state index in [-0.39, 0.29) is 37.0 Å². The summed E-state index contributed by atoms with van der Waals surface area (Å²) in [7, 11) is -24.2. The molecule has 0 bridgehead atoms. The summed E-state index contributed by atoms with van der Waals surface area (Å²) in [4.78, 5) is 140. The molecule has 0 unspecified atom stereocenters. The zero-order chi connectivity index (χ0) is 89.2. The van der Waals surface area contributed by atoms with E-state index >= 15 is 0 Å². The van der Waals surface area contributed by atoms with Crippen molar-refractivity contribution in [2.24, 2.45) is 0 Å². The molecule has 0 fully saturated rings. The molecule has 8 heterocycles. The van der Waals surface area contributed by atoms with Crippen molar-refractivity contribution in [3.63, 3.8) is 0 Å². The molecule has 30 nitrogen and oxygen atoms in total. The van der Waals surface area contributed by atoms with E-state index in [4.69, 9.17) is 29.9 Å². The van der Waals surface area contributed by atoms with Gasteiger partial charge in [-0.25, -0.2) is 57.3 Å². The van der Waals surface area contributed by atoms with Crippen molar-refractivity contribution in [3.8, 4) is 135 Å². The molecular formula is C90H96N12O18P6+6. The Morgan fingerprint density at radius 3 is 0.357 bits per heavy atom. The van der Waals surface area contributed by atoms with Crippen LogP contribution in [0.3, 0.4) is 0 Å². The molecule has 0 amide bonds. The van der Waals surface area contributed by atoms with Gasteiger partial charge in [-0.2, -0.15) is 0 Å². The first-order valence-corrected chi connectivity index (χ1v) is 51.2. The van der Waals surface area contributed by atoms with Crippen LogP contribution in [0.15, 0.2) is 293 Å². The second-order valence-corrected chi connectivity index (χ2v) is 41.1. The molecule has 0 aliphatic rings. The summed E-state index contributed by atoms with van der Waals surface area (Å²) in [5, 5.41) is 0. The van der Waals surface area contributed by atoms with Crippen molar-refractivity contribution in [1.82, 2.24) is 29.9 Å². The first-order valence-electron chi connectivity index (χ1n) is 40.5. The Labute approximate surface area is 727 Å². The van der Waals surface area contributed by atoms with Gasteiger partial charge >= 0.3 is 45.6 Å². The summed E-state index contributed by atoms with van der Waals surface area (Å²) in [6.45, 7) is 2.98. The van der Waals surface area contributed by atoms with Gasteiger partial charge in [0.1, 0.15) is 39.3 Å². The van der Waals surface area contributed by atoms with Crippen LogP contribution in [0.5, 0.6) is 0 Å². The first kappa shape index (κ1) is 92.8. The number of benzene rings is 6. The van der Waals surface area contributed by atoms with Crippen molar-refractivity contribution in [1.29, 1.82) is 0 Å². The molecule has 0 aliphatic heterocycles. The normalized spacial score (nSPS) is 12.1. The Bertz CT molecular complexity index is 5310. The molecule has 8 aromatic heterocycles. The van der Waals surface area contributed by atoms with Crippen LogP contribution in [0, 0.1) is 0 Å². The van der Waals surface area contributed by atoms with E-state index in [0.29, 0.717) is 113 Å². The largest absolute Gasteiger partial charge is 0.325 e. The van der Waals surface area contributed by atoms with Gasteiger partial charge in [-0.1, -0.05) is 146 Å². The van der Waals surface area contributed by atoms with Crippen molar-refractivity contribution >= 4 is 45.6 Å². The van der Waals surface area contributed by atoms with Crippen LogP contribution in [0.2, 0.25) is 0 Å². The molecule has 0 saturated heterocycles. The number of rotatable bonds is 36. The Morgan fingerprint density at radius 1 is 0.159 bits per heavy atom. The van der Waals surface area contributed by atoms with Crippen LogP contribution in [0.1, 0.15) is 38.5 Å². The quantitative estimate of drug-likeness (QED) is 0.0128. The smallest absolute Gasteiger partial charge is 0.324 e. The molecule has 648 valence electrons. The van der Waals surface area contributed by atoms with Crippen LogP contribution in [0.25, 0.3) is 135 Å². The van der Waals surface area contributed by atoms with Crippen molar-refractivity contribution in [3.05, 3.63) is 293 Å². The van der Waals surface area contributed by atoms with Gasteiger partial charge in [0, 0.05) is 145 Å². The zero-order valence-corrected chi connectivity index (χ0v) is 73.7. The zero-order valence-electron chi connectivity index (χ0n) is 68.3. The van der Waals surface area contributed by atoms with Crippen LogP contribution in [-0.2, 0) is 66.7 Å². The van der Waals surface area contributed by atoms with Gasteiger partial charge in [-0.3, -0.25) is 27.4 Å². The fourth-order valence-corrected chi connectivity index (χ4v) is 17.3. The molecular weight excluding hydrogens is 1720 g/mol. The minimum Gasteiger partial charge on any atom is -0.324 e. The summed E-state index contributed by atoms with van der Waals surface area (Å²) in [5.41, 5.74) is 16.4. The maximum Gasteiger partial charge on any atom is 0.325 e. The van der Waals surface area contributed by atoms with Crippen LogP contribution in [0.4, 0.5) is 0 Å². The number of aromatic nitrogens is 12. The minimum atomic E-state index is -4.04. The predicted octanol–water partition coefficient (Wildman–Crippen LogP) is 12.9. The third-order valence-corrected chi connectivity index (χ3v) is 26.1. The van der Waals surface area contributed by atoms with Crippen LogP contribution >= 0.6 is 45.6 Å². The summed E-state index contributed by atoms with van der Waals surface area (Å²) < 4.78 is 78.8. The topological polar surface area (TPSA) is 446 Å². The molecule has 0 spiro atoms. The lowest BCUT2D eigenvalue weighted by Gasteiger charge is -2.10. The Hall–Kier alpha value is -10.9. The Kier molecular flexibility index (Phi) is 30.7. The number of nitrogens with zero attached hydrogens (tertiary/aromatic N) is 12. The predicted molar refractivity (Wildman–Crippen MR) is 475 cm³/mol. The maximum atomic E-state index is 11.2. The maximum absolute atomic E-state index is 11.2. The van der Waals surface area contributed by atoms with E-state index in [1.807, 2.05) is 320 Å². The van der Waals surface area contributed by atoms with Crippen molar-refractivity contribution < 1.29 is 114 Å². The fraction of sp³-hybridized carbons (Fsp3) is 0.200. The average molecular weight is 1820 g/mol. The lowest BCUT2D eigenvalue weighted by molar-refractivity contribution is -0.696. The SMILES string of the molecule is O=P(O)(O)CCC[n+]1ccc(-c2ccc(-c3nc(-c4ccc(-c5cc[n+](CCCP(=O)(O)O)cc5)cc4)nc(-c4ccc(-c5cc[n+](CCCP(=O)(O)O)cc5)cc4)n3)cc2)cc1.O=P(O)(O)CCC[n+]1ccc(-c2ccc(-c3nc(-c4ccc(-c5cc[n+](CCCP(=O)(O)O)cc5)cc4)nc(-c4ccc(-c5cc[n+](CCCP(=O)(O)O)cc5)cc4)n3)cc2)cc1. The van der Waals surface area contributed by atoms with E-state index in [1.165, 1.54) is 0 Å². The van der Waals surface area contributed by atoms with E-state index in [1.54, 1.807) is 0 Å². The number of hydrogen-bond acceptors (Lipinski definition) is 12. The third-order valence-electron chi connectivity index (χ3n) is 20.7. The standard InChI is InChI=1S/2C45H45N6O9P3/c2*52-61(53,54)31-1-22-49-25-16-37(17-26-49)34-4-10-40(11-5-34)43-46-44(41-12-6-35(7-13-41)38-18-27-50(28-19-38)23-2-32-62(55,56)57)48-45(47-43)42-14-8-36(9-15-42)39-20-29-51(30-21-39)24-3-33-63(58,59)60/h2*4-21,25-30H,1-3,22-24,31-33H2,(H3-3,52,53,54,55,56,57,58,59,60)/p+6. The molecule has 0 radical (unpaired) electrons. The van der Waals surface area contributed by atoms with E-state index < -0.39 is 45.6 Å². The van der Waals surface area contributed by atoms with E-state index in [2.05, 4.69) is 0 Å². The second-order valence-electron chi connectivity index (χ2n) is 30.5. The summed E-state index contributed by atoms with van der Waals surface area (Å²) in [6.07, 6.45) is 24.0. The van der Waals surface area contributed by atoms with Gasteiger partial charge in [0.2, 0.25) is 0 Å². The van der Waals surface area contributed by atoms with Gasteiger partial charge in [0.15, 0.2) is 109 Å². The second kappa shape index (κ2) is 41.7. The summed E-state index contributed by atoms with van der Waals surface area (Å²) in [6, 6.07) is 71.1. The third kappa shape index (κ3) is 28.6. The molecule has 126 heavy (non-hydrogen) atoms. The number of hydrogen-bond donors (Lipinski definition) is 12. The van der Waals surface area contributed by atoms with Gasteiger partial charge in [0.25, 0.3) is 0 Å². The Morgan fingerprint density at radius 2 is 0.254 bits per heavy atom. The van der Waals surface area contributed by atoms with Crippen molar-refractivity contribution in [2.45, 2.75) is 77.8 Å². The van der Waals surface area contributed by atoms with Gasteiger partial charge in [-0.05, 0) is 66.8 Å². The first-order chi connectivity index (χ1) is 60.1. The highest BCUT2D eigenvalue weighted by Gasteiger charge is 2.23. The fourth-order valence-electron chi connectivity index (χ4n) is 13.9. The summed E-state index contributed by atoms with van der Waals surface area (Å²) >= 11 is 0. The highest BCUT2D eigenvalue weighted by atomic mass is 31.2. The van der Waals surface area contributed by atoms with Crippen LogP contribution in [-0.4, -0.2) is 126 Å². The number of pyridine rings is 6. The molecule has 12 N–H and O–H groups in total. The molecule has 0 aliphatic carbocycles. The van der Waals surface area contributed by atoms with E-state index in [9.17, 15) is 86.1 Å². The molecule has 14 aromatic rings. The van der Waals surface area contributed by atoms with Gasteiger partial charge in [0.05, 0.1) is 37.0 Å². The monoisotopic (exact) mass is 1820 g/mol. The Balaban J connectivity index is 0.000000216. The highest BCUT2D eigenvalue weighted by Crippen LogP contribution is 2.40. The molecule has 0 saturated carbocycles. The lowest BCUT2D eigenvalue weighted by atomic mass is 10.0. The van der Waals surface area contributed by atoms with E-state index in [0.717, 1.165) is 100 Å². The summed E-state index contributed by atoms with van der Waals surface area (Å²) in [5.74, 6) is 2.94. The van der Waals surface area contributed by atoms with Crippen LogP contribution < -0.4 is 27.4 Å². The molecule has 6 aromatic carbocycles.